The van der Waals surface area contributed by atoms with Crippen LogP contribution < -0.4 is 0 Å². The summed E-state index contributed by atoms with van der Waals surface area (Å²) in [4.78, 5) is 11.3. The molecule has 0 aliphatic carbocycles. The zero-order valence-electron chi connectivity index (χ0n) is 8.27. The van der Waals surface area contributed by atoms with Crippen molar-refractivity contribution in [3.05, 3.63) is 34.3 Å². The van der Waals surface area contributed by atoms with Crippen LogP contribution >= 0.6 is 15.9 Å². The molecule has 0 unspecified atom stereocenters. The van der Waals surface area contributed by atoms with Crippen molar-refractivity contribution < 1.29 is 14.3 Å². The quantitative estimate of drug-likeness (QED) is 0.626. The Hall–Kier alpha value is -0.870. The molecule has 3 nitrogen and oxygen atoms in total. The second-order valence-corrected chi connectivity index (χ2v) is 4.20. The first-order valence-corrected chi connectivity index (χ1v) is 5.59. The van der Waals surface area contributed by atoms with Crippen molar-refractivity contribution in [3.63, 3.8) is 0 Å². The number of hydrogen-bond donors (Lipinski definition) is 0. The molecule has 1 aliphatic heterocycles. The molecule has 1 heterocycles. The van der Waals surface area contributed by atoms with E-state index < -0.39 is 6.10 Å². The van der Waals surface area contributed by atoms with Crippen molar-refractivity contribution in [1.82, 2.24) is 0 Å². The molecule has 0 aromatic heterocycles. The molecule has 80 valence electrons. The number of carbonyl (C=O) groups excluding carboxylic acids is 1. The minimum Gasteiger partial charge on any atom is -0.464 e. The van der Waals surface area contributed by atoms with Gasteiger partial charge in [0.25, 0.3) is 0 Å². The van der Waals surface area contributed by atoms with Gasteiger partial charge in [0.2, 0.25) is 0 Å². The summed E-state index contributed by atoms with van der Waals surface area (Å²) in [6.45, 7) is 2.18. The van der Waals surface area contributed by atoms with Gasteiger partial charge in [-0.1, -0.05) is 28.1 Å². The van der Waals surface area contributed by atoms with Crippen molar-refractivity contribution in [1.29, 1.82) is 0 Å². The number of halogens is 1. The Labute approximate surface area is 96.5 Å². The third kappa shape index (κ3) is 2.38. The van der Waals surface area contributed by atoms with Crippen LogP contribution in [0.25, 0.3) is 0 Å². The molecule has 0 amide bonds. The van der Waals surface area contributed by atoms with Gasteiger partial charge in [-0.15, -0.1) is 0 Å². The molecule has 1 aliphatic rings. The van der Waals surface area contributed by atoms with Crippen LogP contribution in [0.5, 0.6) is 0 Å². The van der Waals surface area contributed by atoms with Gasteiger partial charge in [0, 0.05) is 4.47 Å². The lowest BCUT2D eigenvalue weighted by Crippen LogP contribution is -2.11. The average molecular weight is 271 g/mol. The highest BCUT2D eigenvalue weighted by Crippen LogP contribution is 2.39. The highest BCUT2D eigenvalue weighted by Gasteiger charge is 2.47. The zero-order chi connectivity index (χ0) is 10.8. The summed E-state index contributed by atoms with van der Waals surface area (Å²) >= 11 is 3.35. The van der Waals surface area contributed by atoms with Gasteiger partial charge < -0.3 is 9.47 Å². The second-order valence-electron chi connectivity index (χ2n) is 3.28. The van der Waals surface area contributed by atoms with Crippen LogP contribution in [-0.2, 0) is 14.3 Å². The topological polar surface area (TPSA) is 38.8 Å². The van der Waals surface area contributed by atoms with Crippen LogP contribution in [0.2, 0.25) is 0 Å². The van der Waals surface area contributed by atoms with Crippen molar-refractivity contribution >= 4 is 21.9 Å². The maximum absolute atomic E-state index is 11.3. The molecule has 0 saturated carbocycles. The van der Waals surface area contributed by atoms with Gasteiger partial charge >= 0.3 is 5.97 Å². The first kappa shape index (κ1) is 10.6. The summed E-state index contributed by atoms with van der Waals surface area (Å²) in [5.74, 6) is -0.273. The van der Waals surface area contributed by atoms with Gasteiger partial charge in [-0.25, -0.2) is 4.79 Å². The lowest BCUT2D eigenvalue weighted by molar-refractivity contribution is -0.144. The number of hydrogen-bond acceptors (Lipinski definition) is 3. The highest BCUT2D eigenvalue weighted by molar-refractivity contribution is 9.10. The molecular formula is C11H11BrO3. The first-order chi connectivity index (χ1) is 7.22. The maximum Gasteiger partial charge on any atom is 0.338 e. The predicted octanol–water partition coefficient (Wildman–Crippen LogP) is 2.45. The van der Waals surface area contributed by atoms with E-state index in [1.54, 1.807) is 6.92 Å². The van der Waals surface area contributed by atoms with E-state index in [9.17, 15) is 4.79 Å². The van der Waals surface area contributed by atoms with Gasteiger partial charge in [0.15, 0.2) is 6.10 Å². The van der Waals surface area contributed by atoms with Crippen LogP contribution in [0.4, 0.5) is 0 Å². The van der Waals surface area contributed by atoms with Crippen LogP contribution in [0.1, 0.15) is 18.6 Å². The molecule has 1 aromatic carbocycles. The largest absolute Gasteiger partial charge is 0.464 e. The van der Waals surface area contributed by atoms with E-state index in [0.717, 1.165) is 10.0 Å². The summed E-state index contributed by atoms with van der Waals surface area (Å²) < 4.78 is 11.1. The molecular weight excluding hydrogens is 260 g/mol. The maximum atomic E-state index is 11.3. The van der Waals surface area contributed by atoms with Crippen LogP contribution in [0, 0.1) is 0 Å². The molecule has 0 radical (unpaired) electrons. The molecule has 0 bridgehead atoms. The third-order valence-electron chi connectivity index (χ3n) is 2.21. The van der Waals surface area contributed by atoms with Crippen molar-refractivity contribution in [2.75, 3.05) is 6.61 Å². The monoisotopic (exact) mass is 270 g/mol. The van der Waals surface area contributed by atoms with E-state index in [2.05, 4.69) is 15.9 Å². The molecule has 1 aromatic rings. The molecule has 0 N–H and O–H groups in total. The van der Waals surface area contributed by atoms with E-state index >= 15 is 0 Å². The van der Waals surface area contributed by atoms with E-state index in [0.29, 0.717) is 6.61 Å². The van der Waals surface area contributed by atoms with E-state index in [1.165, 1.54) is 0 Å². The predicted molar refractivity (Wildman–Crippen MR) is 58.4 cm³/mol. The number of ether oxygens (including phenoxy) is 2. The number of rotatable bonds is 3. The van der Waals surface area contributed by atoms with E-state index in [4.69, 9.17) is 9.47 Å². The lowest BCUT2D eigenvalue weighted by atomic mass is 10.1. The minimum absolute atomic E-state index is 0.128. The zero-order valence-corrected chi connectivity index (χ0v) is 9.86. The van der Waals surface area contributed by atoms with Crippen LogP contribution in [0.3, 0.4) is 0 Å². The Kier molecular flexibility index (Phi) is 3.07. The third-order valence-corrected chi connectivity index (χ3v) is 2.74. The van der Waals surface area contributed by atoms with Crippen molar-refractivity contribution in [2.24, 2.45) is 0 Å². The van der Waals surface area contributed by atoms with E-state index in [-0.39, 0.29) is 12.1 Å². The summed E-state index contributed by atoms with van der Waals surface area (Å²) in [5, 5.41) is 0. The SMILES string of the molecule is CCOC(=O)[C@H]1O[C@@H]1c1ccc(Br)cc1. The molecule has 15 heavy (non-hydrogen) atoms. The molecule has 1 saturated heterocycles. The van der Waals surface area contributed by atoms with Crippen molar-refractivity contribution in [2.45, 2.75) is 19.1 Å². The minimum atomic E-state index is -0.411. The van der Waals surface area contributed by atoms with Crippen molar-refractivity contribution in [3.8, 4) is 0 Å². The first-order valence-electron chi connectivity index (χ1n) is 4.80. The average Bonchev–Trinajstić information content (AvgIpc) is 2.99. The summed E-state index contributed by atoms with van der Waals surface area (Å²) in [6.07, 6.45) is -0.539. The van der Waals surface area contributed by atoms with E-state index in [1.807, 2.05) is 24.3 Å². The number of epoxide rings is 1. The Bertz CT molecular complexity index is 361. The summed E-state index contributed by atoms with van der Waals surface area (Å²) in [6, 6.07) is 7.74. The fourth-order valence-electron chi connectivity index (χ4n) is 1.42. The second kappa shape index (κ2) is 4.33. The molecule has 1 fully saturated rings. The Morgan fingerprint density at radius 3 is 2.73 bits per heavy atom. The number of carbonyl (C=O) groups is 1. The highest BCUT2D eigenvalue weighted by atomic mass is 79.9. The van der Waals surface area contributed by atoms with Gasteiger partial charge in [-0.05, 0) is 24.6 Å². The van der Waals surface area contributed by atoms with Gasteiger partial charge in [-0.3, -0.25) is 0 Å². The van der Waals surface area contributed by atoms with Gasteiger partial charge in [0.1, 0.15) is 6.10 Å². The van der Waals surface area contributed by atoms with Crippen LogP contribution in [0.15, 0.2) is 28.7 Å². The fraction of sp³-hybridized carbons (Fsp3) is 0.364. The Morgan fingerprint density at radius 1 is 1.47 bits per heavy atom. The lowest BCUT2D eigenvalue weighted by Gasteiger charge is -1.97. The van der Waals surface area contributed by atoms with Gasteiger partial charge in [-0.2, -0.15) is 0 Å². The Balaban J connectivity index is 1.98. The summed E-state index contributed by atoms with van der Waals surface area (Å²) in [5.41, 5.74) is 1.01. The number of benzene rings is 1. The molecule has 2 rings (SSSR count). The summed E-state index contributed by atoms with van der Waals surface area (Å²) in [7, 11) is 0. The van der Waals surface area contributed by atoms with Gasteiger partial charge in [0.05, 0.1) is 6.61 Å². The van der Waals surface area contributed by atoms with Crippen LogP contribution in [-0.4, -0.2) is 18.7 Å². The standard InChI is InChI=1S/C11H11BrO3/c1-2-14-11(13)10-9(15-10)7-3-5-8(12)6-4-7/h3-6,9-10H,2H2,1H3/t9-,10+/m1/s1. The smallest absolute Gasteiger partial charge is 0.338 e. The molecule has 4 heteroatoms. The fourth-order valence-corrected chi connectivity index (χ4v) is 1.69. The Morgan fingerprint density at radius 2 is 2.13 bits per heavy atom. The molecule has 2 atom stereocenters. The normalized spacial score (nSPS) is 23.6. The molecule has 0 spiro atoms. The number of esters is 1.